The zero-order valence-corrected chi connectivity index (χ0v) is 15.7. The molecule has 3 heterocycles. The highest BCUT2D eigenvalue weighted by Gasteiger charge is 2.23. The molecule has 3 aromatic rings. The molecule has 1 aliphatic heterocycles. The average Bonchev–Trinajstić information content (AvgIpc) is 2.79. The van der Waals surface area contributed by atoms with Crippen LogP contribution in [-0.4, -0.2) is 51.9 Å². The van der Waals surface area contributed by atoms with Crippen LogP contribution in [0.2, 0.25) is 0 Å². The van der Waals surface area contributed by atoms with Crippen LogP contribution < -0.4 is 10.2 Å². The van der Waals surface area contributed by atoms with Gasteiger partial charge in [0.25, 0.3) is 5.91 Å². The van der Waals surface area contributed by atoms with Gasteiger partial charge in [-0.05, 0) is 36.4 Å². The summed E-state index contributed by atoms with van der Waals surface area (Å²) < 4.78 is 0. The van der Waals surface area contributed by atoms with Gasteiger partial charge < -0.3 is 15.1 Å². The lowest BCUT2D eigenvalue weighted by molar-refractivity contribution is 0.0746. The Hall–Kier alpha value is -3.99. The van der Waals surface area contributed by atoms with Gasteiger partial charge in [-0.25, -0.2) is 15.0 Å². The summed E-state index contributed by atoms with van der Waals surface area (Å²) >= 11 is 0. The Morgan fingerprint density at radius 1 is 0.966 bits per heavy atom. The first-order valence-corrected chi connectivity index (χ1v) is 9.27. The number of amides is 1. The number of piperazine rings is 1. The molecule has 1 aromatic carbocycles. The molecule has 8 heteroatoms. The number of nitrogens with one attached hydrogen (secondary N) is 1. The number of nitriles is 1. The minimum Gasteiger partial charge on any atom is -0.353 e. The van der Waals surface area contributed by atoms with E-state index in [9.17, 15) is 4.79 Å². The van der Waals surface area contributed by atoms with Crippen molar-refractivity contribution in [3.05, 3.63) is 72.2 Å². The number of nitrogens with zero attached hydrogens (tertiary/aromatic N) is 6. The lowest BCUT2D eigenvalue weighted by Gasteiger charge is -2.35. The van der Waals surface area contributed by atoms with Crippen molar-refractivity contribution in [3.63, 3.8) is 0 Å². The predicted octanol–water partition coefficient (Wildman–Crippen LogP) is 2.45. The van der Waals surface area contributed by atoms with Crippen LogP contribution in [-0.2, 0) is 0 Å². The highest BCUT2D eigenvalue weighted by Crippen LogP contribution is 2.19. The summed E-state index contributed by atoms with van der Waals surface area (Å²) in [5, 5.41) is 12.2. The van der Waals surface area contributed by atoms with Gasteiger partial charge in [-0.3, -0.25) is 4.79 Å². The van der Waals surface area contributed by atoms with Crippen molar-refractivity contribution in [2.24, 2.45) is 0 Å². The van der Waals surface area contributed by atoms with E-state index < -0.39 is 0 Å². The van der Waals surface area contributed by atoms with Crippen molar-refractivity contribution in [1.82, 2.24) is 19.9 Å². The largest absolute Gasteiger partial charge is 0.353 e. The summed E-state index contributed by atoms with van der Waals surface area (Å²) in [7, 11) is 0. The van der Waals surface area contributed by atoms with Crippen molar-refractivity contribution in [3.8, 4) is 6.07 Å². The van der Waals surface area contributed by atoms with Gasteiger partial charge in [0, 0.05) is 56.0 Å². The molecule has 0 atom stereocenters. The minimum atomic E-state index is -0.0129. The molecule has 0 spiro atoms. The lowest BCUT2D eigenvalue weighted by atomic mass is 10.1. The number of carbonyl (C=O) groups is 1. The summed E-state index contributed by atoms with van der Waals surface area (Å²) in [4.78, 5) is 29.5. The van der Waals surface area contributed by atoms with Gasteiger partial charge in [0.1, 0.15) is 5.82 Å². The number of rotatable bonds is 4. The number of benzene rings is 1. The fourth-order valence-electron chi connectivity index (χ4n) is 3.20. The van der Waals surface area contributed by atoms with Crippen LogP contribution in [0.5, 0.6) is 0 Å². The molecule has 0 saturated carbocycles. The third kappa shape index (κ3) is 4.30. The Bertz CT molecular complexity index is 1040. The molecule has 2 aromatic heterocycles. The van der Waals surface area contributed by atoms with Crippen LogP contribution in [0, 0.1) is 11.3 Å². The summed E-state index contributed by atoms with van der Waals surface area (Å²) in [6, 6.07) is 14.7. The number of aromatic nitrogens is 3. The Morgan fingerprint density at radius 2 is 1.76 bits per heavy atom. The second-order valence-corrected chi connectivity index (χ2v) is 6.57. The zero-order valence-electron chi connectivity index (χ0n) is 15.7. The highest BCUT2D eigenvalue weighted by molar-refractivity contribution is 5.95. The van der Waals surface area contributed by atoms with E-state index >= 15 is 0 Å². The summed E-state index contributed by atoms with van der Waals surface area (Å²) in [5.41, 5.74) is 1.96. The molecule has 1 amide bonds. The second-order valence-electron chi connectivity index (χ2n) is 6.57. The molecule has 0 unspecified atom stereocenters. The Balaban J connectivity index is 1.41. The molecular weight excluding hydrogens is 366 g/mol. The van der Waals surface area contributed by atoms with E-state index in [0.29, 0.717) is 43.3 Å². The van der Waals surface area contributed by atoms with Crippen LogP contribution >= 0.6 is 0 Å². The molecule has 1 N–H and O–H groups in total. The third-order valence-electron chi connectivity index (χ3n) is 4.70. The molecule has 0 bridgehead atoms. The summed E-state index contributed by atoms with van der Waals surface area (Å²) in [5.74, 6) is 1.24. The molecule has 1 saturated heterocycles. The van der Waals surface area contributed by atoms with Gasteiger partial charge in [-0.2, -0.15) is 5.26 Å². The molecular formula is C21H19N7O. The van der Waals surface area contributed by atoms with E-state index in [1.165, 1.54) is 0 Å². The van der Waals surface area contributed by atoms with Gasteiger partial charge >= 0.3 is 0 Å². The smallest absolute Gasteiger partial charge is 0.254 e. The van der Waals surface area contributed by atoms with Crippen molar-refractivity contribution < 1.29 is 4.79 Å². The maximum Gasteiger partial charge on any atom is 0.254 e. The monoisotopic (exact) mass is 385 g/mol. The van der Waals surface area contributed by atoms with Crippen LogP contribution in [0.3, 0.4) is 0 Å². The molecule has 8 nitrogen and oxygen atoms in total. The van der Waals surface area contributed by atoms with E-state index in [1.54, 1.807) is 36.8 Å². The van der Waals surface area contributed by atoms with Crippen molar-refractivity contribution in [2.45, 2.75) is 0 Å². The zero-order chi connectivity index (χ0) is 20.1. The Labute approximate surface area is 168 Å². The third-order valence-corrected chi connectivity index (χ3v) is 4.70. The van der Waals surface area contributed by atoms with Crippen LogP contribution in [0.4, 0.5) is 17.5 Å². The predicted molar refractivity (Wildman–Crippen MR) is 109 cm³/mol. The number of anilines is 3. The van der Waals surface area contributed by atoms with Crippen LogP contribution in [0.25, 0.3) is 0 Å². The topological polar surface area (TPSA) is 98.0 Å². The number of hydrogen-bond acceptors (Lipinski definition) is 7. The number of pyridine rings is 1. The molecule has 0 aliphatic carbocycles. The number of carbonyl (C=O) groups excluding carboxylic acids is 1. The van der Waals surface area contributed by atoms with Gasteiger partial charge in [0.15, 0.2) is 0 Å². The summed E-state index contributed by atoms with van der Waals surface area (Å²) in [6.07, 6.45) is 4.95. The normalized spacial score (nSPS) is 13.6. The maximum absolute atomic E-state index is 12.9. The molecule has 1 fully saturated rings. The molecule has 144 valence electrons. The van der Waals surface area contributed by atoms with E-state index in [0.717, 1.165) is 11.5 Å². The van der Waals surface area contributed by atoms with E-state index in [-0.39, 0.29) is 5.91 Å². The molecule has 4 rings (SSSR count). The van der Waals surface area contributed by atoms with Crippen molar-refractivity contribution in [2.75, 3.05) is 36.4 Å². The first kappa shape index (κ1) is 18.4. The average molecular weight is 385 g/mol. The second kappa shape index (κ2) is 8.35. The van der Waals surface area contributed by atoms with Gasteiger partial charge in [0.05, 0.1) is 11.6 Å². The standard InChI is InChI=1S/C21H19N7O/c22-15-16-5-8-23-19(13-16)27-9-11-28(12-10-27)20(29)17-3-1-4-18(14-17)26-21-24-6-2-7-25-21/h1-8,13-14H,9-12H2,(H,24,25,26). The SMILES string of the molecule is N#Cc1ccnc(N2CCN(C(=O)c3cccc(Nc4ncccn4)c3)CC2)c1. The minimum absolute atomic E-state index is 0.0129. The molecule has 29 heavy (non-hydrogen) atoms. The number of hydrogen-bond donors (Lipinski definition) is 1. The highest BCUT2D eigenvalue weighted by atomic mass is 16.2. The van der Waals surface area contributed by atoms with Crippen LogP contribution in [0.1, 0.15) is 15.9 Å². The fraction of sp³-hybridized carbons (Fsp3) is 0.190. The first-order chi connectivity index (χ1) is 14.2. The summed E-state index contributed by atoms with van der Waals surface area (Å²) in [6.45, 7) is 2.53. The van der Waals surface area contributed by atoms with E-state index in [2.05, 4.69) is 31.2 Å². The van der Waals surface area contributed by atoms with Gasteiger partial charge in [-0.1, -0.05) is 6.07 Å². The van der Waals surface area contributed by atoms with E-state index in [4.69, 9.17) is 5.26 Å². The van der Waals surface area contributed by atoms with Gasteiger partial charge in [0.2, 0.25) is 5.95 Å². The first-order valence-electron chi connectivity index (χ1n) is 9.27. The Kier molecular flexibility index (Phi) is 5.29. The van der Waals surface area contributed by atoms with Gasteiger partial charge in [-0.15, -0.1) is 0 Å². The quantitative estimate of drug-likeness (QED) is 0.736. The molecule has 0 radical (unpaired) electrons. The van der Waals surface area contributed by atoms with Crippen molar-refractivity contribution in [1.29, 1.82) is 5.26 Å². The Morgan fingerprint density at radius 3 is 2.52 bits per heavy atom. The fourth-order valence-corrected chi connectivity index (χ4v) is 3.20. The van der Waals surface area contributed by atoms with Crippen molar-refractivity contribution >= 4 is 23.4 Å². The maximum atomic E-state index is 12.9. The van der Waals surface area contributed by atoms with Crippen LogP contribution in [0.15, 0.2) is 61.1 Å². The van der Waals surface area contributed by atoms with E-state index in [1.807, 2.05) is 29.2 Å². The lowest BCUT2D eigenvalue weighted by Crippen LogP contribution is -2.49. The molecule has 1 aliphatic rings.